The van der Waals surface area contributed by atoms with Gasteiger partial charge in [0.1, 0.15) is 12.3 Å². The fraction of sp³-hybridized carbons (Fsp3) is 0.227. The van der Waals surface area contributed by atoms with Gasteiger partial charge in [-0.25, -0.2) is 9.78 Å². The number of oxazole rings is 1. The number of carbonyl (C=O) groups is 2. The van der Waals surface area contributed by atoms with Crippen LogP contribution in [0.1, 0.15) is 23.4 Å². The van der Waals surface area contributed by atoms with Crippen LogP contribution in [0.2, 0.25) is 0 Å². The van der Waals surface area contributed by atoms with Crippen LogP contribution < -0.4 is 10.1 Å². The summed E-state index contributed by atoms with van der Waals surface area (Å²) in [6.45, 7) is 2.34. The third-order valence-corrected chi connectivity index (χ3v) is 5.44. The van der Waals surface area contributed by atoms with E-state index in [4.69, 9.17) is 9.15 Å². The molecule has 0 saturated carbocycles. The Balaban J connectivity index is 1.42. The van der Waals surface area contributed by atoms with Crippen molar-refractivity contribution in [3.63, 3.8) is 0 Å². The van der Waals surface area contributed by atoms with Gasteiger partial charge < -0.3 is 14.5 Å². The predicted molar refractivity (Wildman–Crippen MR) is 104 cm³/mol. The van der Waals surface area contributed by atoms with Crippen LogP contribution in [-0.2, 0) is 16.9 Å². The molecule has 2 aliphatic heterocycles. The van der Waals surface area contributed by atoms with Crippen LogP contribution in [0.3, 0.4) is 0 Å². The molecule has 1 saturated heterocycles. The number of aryl methyl sites for hydroxylation is 1. The first-order valence-corrected chi connectivity index (χ1v) is 9.45. The van der Waals surface area contributed by atoms with Crippen LogP contribution in [0.15, 0.2) is 59.1 Å². The SMILES string of the molecule is Cc1ccc(-c2cnc(CN3C(=O)NC4(CCOc5ccccc54)C3=O)o2)cc1. The molecule has 2 aliphatic rings. The molecule has 5 rings (SSSR count). The number of rotatable bonds is 3. The minimum Gasteiger partial charge on any atom is -0.493 e. The highest BCUT2D eigenvalue weighted by atomic mass is 16.5. The lowest BCUT2D eigenvalue weighted by Gasteiger charge is -2.33. The number of aromatic nitrogens is 1. The number of urea groups is 1. The maximum atomic E-state index is 13.3. The molecule has 1 atom stereocenters. The van der Waals surface area contributed by atoms with Crippen LogP contribution in [0.5, 0.6) is 5.75 Å². The van der Waals surface area contributed by atoms with E-state index in [2.05, 4.69) is 10.3 Å². The van der Waals surface area contributed by atoms with E-state index in [0.29, 0.717) is 36.0 Å². The Kier molecular flexibility index (Phi) is 3.91. The predicted octanol–water partition coefficient (Wildman–Crippen LogP) is 3.38. The summed E-state index contributed by atoms with van der Waals surface area (Å²) in [5.74, 6) is 1.21. The molecule has 7 nitrogen and oxygen atoms in total. The van der Waals surface area contributed by atoms with Crippen LogP contribution >= 0.6 is 0 Å². The maximum absolute atomic E-state index is 13.3. The molecule has 1 N–H and O–H groups in total. The second kappa shape index (κ2) is 6.48. The number of ether oxygens (including phenoxy) is 1. The summed E-state index contributed by atoms with van der Waals surface area (Å²) in [4.78, 5) is 31.4. The molecule has 3 amide bonds. The molecule has 1 aromatic heterocycles. The quantitative estimate of drug-likeness (QED) is 0.694. The monoisotopic (exact) mass is 389 g/mol. The van der Waals surface area contributed by atoms with Gasteiger partial charge in [0.25, 0.3) is 5.91 Å². The summed E-state index contributed by atoms with van der Waals surface area (Å²) in [5, 5.41) is 2.88. The average molecular weight is 389 g/mol. The van der Waals surface area contributed by atoms with E-state index in [1.807, 2.05) is 49.4 Å². The summed E-state index contributed by atoms with van der Waals surface area (Å²) >= 11 is 0. The zero-order valence-electron chi connectivity index (χ0n) is 15.8. The Morgan fingerprint density at radius 2 is 1.93 bits per heavy atom. The van der Waals surface area contributed by atoms with Crippen molar-refractivity contribution in [1.29, 1.82) is 0 Å². The van der Waals surface area contributed by atoms with E-state index in [1.165, 1.54) is 0 Å². The van der Waals surface area contributed by atoms with Gasteiger partial charge in [-0.15, -0.1) is 0 Å². The smallest absolute Gasteiger partial charge is 0.325 e. The fourth-order valence-electron chi connectivity index (χ4n) is 3.89. The van der Waals surface area contributed by atoms with Crippen molar-refractivity contribution in [1.82, 2.24) is 15.2 Å². The first kappa shape index (κ1) is 17.5. The number of fused-ring (bicyclic) bond motifs is 2. The molecule has 2 aromatic carbocycles. The molecule has 0 radical (unpaired) electrons. The second-order valence-corrected chi connectivity index (χ2v) is 7.31. The zero-order chi connectivity index (χ0) is 20.0. The van der Waals surface area contributed by atoms with Gasteiger partial charge in [-0.05, 0) is 13.0 Å². The van der Waals surface area contributed by atoms with E-state index >= 15 is 0 Å². The third kappa shape index (κ3) is 2.77. The van der Waals surface area contributed by atoms with Gasteiger partial charge in [-0.3, -0.25) is 9.69 Å². The Bertz CT molecular complexity index is 1110. The number of benzene rings is 2. The molecule has 3 aromatic rings. The maximum Gasteiger partial charge on any atom is 0.325 e. The molecule has 3 heterocycles. The third-order valence-electron chi connectivity index (χ3n) is 5.44. The topological polar surface area (TPSA) is 84.7 Å². The van der Waals surface area contributed by atoms with Gasteiger partial charge in [0.05, 0.1) is 12.8 Å². The Morgan fingerprint density at radius 1 is 1.14 bits per heavy atom. The summed E-state index contributed by atoms with van der Waals surface area (Å²) in [6, 6.07) is 14.7. The molecule has 1 fully saturated rings. The molecule has 29 heavy (non-hydrogen) atoms. The number of nitrogens with one attached hydrogen (secondary N) is 1. The number of nitrogens with zero attached hydrogens (tertiary/aromatic N) is 2. The minimum atomic E-state index is -1.10. The largest absolute Gasteiger partial charge is 0.493 e. The van der Waals surface area contributed by atoms with Crippen molar-refractivity contribution in [2.45, 2.75) is 25.4 Å². The van der Waals surface area contributed by atoms with Gasteiger partial charge in [-0.1, -0.05) is 48.0 Å². The van der Waals surface area contributed by atoms with E-state index in [-0.39, 0.29) is 12.5 Å². The molecular formula is C22H19N3O4. The van der Waals surface area contributed by atoms with Gasteiger partial charge in [0.2, 0.25) is 5.89 Å². The minimum absolute atomic E-state index is 0.0265. The highest BCUT2D eigenvalue weighted by Gasteiger charge is 2.55. The fourth-order valence-corrected chi connectivity index (χ4v) is 3.89. The van der Waals surface area contributed by atoms with Gasteiger partial charge in [0.15, 0.2) is 11.3 Å². The molecular weight excluding hydrogens is 370 g/mol. The molecule has 0 bridgehead atoms. The van der Waals surface area contributed by atoms with Crippen LogP contribution in [0.25, 0.3) is 11.3 Å². The Labute approximate surface area is 167 Å². The lowest BCUT2D eigenvalue weighted by Crippen LogP contribution is -2.47. The highest BCUT2D eigenvalue weighted by molar-refractivity contribution is 6.07. The van der Waals surface area contributed by atoms with E-state index < -0.39 is 11.6 Å². The molecule has 146 valence electrons. The average Bonchev–Trinajstić information content (AvgIpc) is 3.29. The molecule has 1 unspecified atom stereocenters. The zero-order valence-corrected chi connectivity index (χ0v) is 15.8. The second-order valence-electron chi connectivity index (χ2n) is 7.31. The van der Waals surface area contributed by atoms with Gasteiger partial charge in [0, 0.05) is 17.5 Å². The summed E-state index contributed by atoms with van der Waals surface area (Å²) < 4.78 is 11.5. The van der Waals surface area contributed by atoms with Crippen molar-refractivity contribution >= 4 is 11.9 Å². The van der Waals surface area contributed by atoms with E-state index in [0.717, 1.165) is 16.0 Å². The van der Waals surface area contributed by atoms with Crippen molar-refractivity contribution in [2.75, 3.05) is 6.61 Å². The lowest BCUT2D eigenvalue weighted by molar-refractivity contribution is -0.133. The molecule has 7 heteroatoms. The number of hydrogen-bond donors (Lipinski definition) is 1. The number of para-hydroxylation sites is 1. The summed E-state index contributed by atoms with van der Waals surface area (Å²) in [6.07, 6.45) is 1.99. The van der Waals surface area contributed by atoms with Crippen LogP contribution in [-0.4, -0.2) is 28.4 Å². The lowest BCUT2D eigenvalue weighted by atomic mass is 9.84. The summed E-state index contributed by atoms with van der Waals surface area (Å²) in [5.41, 5.74) is 1.62. The van der Waals surface area contributed by atoms with Crippen LogP contribution in [0, 0.1) is 6.92 Å². The van der Waals surface area contributed by atoms with Crippen LogP contribution in [0.4, 0.5) is 4.79 Å². The molecule has 1 spiro atoms. The van der Waals surface area contributed by atoms with Crippen molar-refractivity contribution < 1.29 is 18.7 Å². The van der Waals surface area contributed by atoms with Gasteiger partial charge in [-0.2, -0.15) is 0 Å². The van der Waals surface area contributed by atoms with Crippen molar-refractivity contribution in [3.8, 4) is 17.1 Å². The normalized spacial score (nSPS) is 20.5. The number of amides is 3. The first-order chi connectivity index (χ1) is 14.1. The Hall–Kier alpha value is -3.61. The highest BCUT2D eigenvalue weighted by Crippen LogP contribution is 2.41. The van der Waals surface area contributed by atoms with Gasteiger partial charge >= 0.3 is 6.03 Å². The van der Waals surface area contributed by atoms with E-state index in [1.54, 1.807) is 12.3 Å². The number of imide groups is 1. The number of hydrogen-bond acceptors (Lipinski definition) is 5. The molecule has 0 aliphatic carbocycles. The van der Waals surface area contributed by atoms with E-state index in [9.17, 15) is 9.59 Å². The van der Waals surface area contributed by atoms with Crippen molar-refractivity contribution in [2.24, 2.45) is 0 Å². The summed E-state index contributed by atoms with van der Waals surface area (Å²) in [7, 11) is 0. The first-order valence-electron chi connectivity index (χ1n) is 9.45. The number of carbonyl (C=O) groups excluding carboxylic acids is 2. The standard InChI is InChI=1S/C22H19N3O4/c1-14-6-8-15(9-7-14)18-12-23-19(29-18)13-25-20(26)22(24-21(25)27)10-11-28-17-5-3-2-4-16(17)22/h2-9,12H,10-11,13H2,1H3,(H,24,27). The Morgan fingerprint density at radius 3 is 2.76 bits per heavy atom. The van der Waals surface area contributed by atoms with Crippen molar-refractivity contribution in [3.05, 3.63) is 71.7 Å².